The lowest BCUT2D eigenvalue weighted by atomic mass is 10.1. The second-order valence-corrected chi connectivity index (χ2v) is 7.62. The third-order valence-corrected chi connectivity index (χ3v) is 4.14. The summed E-state index contributed by atoms with van der Waals surface area (Å²) in [5.41, 5.74) is 7.30. The predicted octanol–water partition coefficient (Wildman–Crippen LogP) is 3.05. The molecule has 0 aliphatic carbocycles. The van der Waals surface area contributed by atoms with Gasteiger partial charge in [-0.15, -0.1) is 0 Å². The third kappa shape index (κ3) is 7.36. The molecule has 7 nitrogen and oxygen atoms in total. The molecule has 0 saturated carbocycles. The molecule has 2 amide bonds. The van der Waals surface area contributed by atoms with Crippen molar-refractivity contribution in [2.45, 2.75) is 27.7 Å². The van der Waals surface area contributed by atoms with Crippen LogP contribution in [0.3, 0.4) is 0 Å². The molecule has 0 radical (unpaired) electrons. The van der Waals surface area contributed by atoms with Crippen LogP contribution in [0.25, 0.3) is 0 Å². The van der Waals surface area contributed by atoms with Gasteiger partial charge in [-0.1, -0.05) is 43.7 Å². The number of carbonyl (C=O) groups excluding carboxylic acids is 2. The Hall–Kier alpha value is -3.13. The van der Waals surface area contributed by atoms with E-state index in [1.165, 1.54) is 0 Å². The summed E-state index contributed by atoms with van der Waals surface area (Å²) in [5.74, 6) is 0.548. The number of thiocarbonyl (C=S) groups is 1. The van der Waals surface area contributed by atoms with Crippen LogP contribution in [0.2, 0.25) is 0 Å². The zero-order valence-corrected chi connectivity index (χ0v) is 18.4. The summed E-state index contributed by atoms with van der Waals surface area (Å²) in [5, 5.41) is 2.47. The smallest absolute Gasteiger partial charge is 0.276 e. The van der Waals surface area contributed by atoms with Crippen LogP contribution in [0.15, 0.2) is 42.5 Å². The van der Waals surface area contributed by atoms with Crippen LogP contribution in [0.1, 0.15) is 35.3 Å². The lowest BCUT2D eigenvalue weighted by Gasteiger charge is -2.14. The topological polar surface area (TPSA) is 88.7 Å². The van der Waals surface area contributed by atoms with Gasteiger partial charge >= 0.3 is 0 Å². The van der Waals surface area contributed by atoms with Crippen LogP contribution in [-0.2, 0) is 4.79 Å². The monoisotopic (exact) mass is 429 g/mol. The van der Waals surface area contributed by atoms with Crippen LogP contribution >= 0.6 is 12.2 Å². The normalized spacial score (nSPS) is 10.3. The molecule has 3 N–H and O–H groups in total. The highest BCUT2D eigenvalue weighted by molar-refractivity contribution is 7.80. The number of aryl methyl sites for hydroxylation is 2. The number of hydrogen-bond acceptors (Lipinski definition) is 5. The van der Waals surface area contributed by atoms with E-state index < -0.39 is 11.8 Å². The van der Waals surface area contributed by atoms with Crippen molar-refractivity contribution in [3.63, 3.8) is 0 Å². The quantitative estimate of drug-likeness (QED) is 0.463. The summed E-state index contributed by atoms with van der Waals surface area (Å²) < 4.78 is 11.2. The second kappa shape index (κ2) is 11.2. The minimum absolute atomic E-state index is 0.0430. The average molecular weight is 430 g/mol. The molecule has 0 aromatic heterocycles. The number of para-hydroxylation sites is 1. The van der Waals surface area contributed by atoms with E-state index in [0.29, 0.717) is 29.6 Å². The van der Waals surface area contributed by atoms with E-state index in [1.807, 2.05) is 45.9 Å². The summed E-state index contributed by atoms with van der Waals surface area (Å²) >= 11 is 5.07. The van der Waals surface area contributed by atoms with E-state index in [2.05, 4.69) is 16.2 Å². The highest BCUT2D eigenvalue weighted by atomic mass is 32.1. The summed E-state index contributed by atoms with van der Waals surface area (Å²) in [6.07, 6.45) is 0. The molecule has 8 heteroatoms. The molecule has 0 fully saturated rings. The standard InChI is InChI=1S/C22H27N3O4S/c1-14(2)12-28-19-8-6-5-7-17(19)21(27)23-22(30)25-24-20(26)13-29-18-10-9-15(3)11-16(18)4/h5-11,14H,12-13H2,1-4H3,(H,24,26)(H2,23,25,27,30). The molecule has 0 spiro atoms. The molecule has 2 rings (SSSR count). The minimum atomic E-state index is -0.438. The van der Waals surface area contributed by atoms with Gasteiger partial charge in [-0.3, -0.25) is 25.8 Å². The van der Waals surface area contributed by atoms with Gasteiger partial charge in [0.05, 0.1) is 12.2 Å². The maximum atomic E-state index is 12.5. The molecule has 0 atom stereocenters. The van der Waals surface area contributed by atoms with Crippen molar-refractivity contribution < 1.29 is 19.1 Å². The molecule has 0 aliphatic rings. The predicted molar refractivity (Wildman–Crippen MR) is 120 cm³/mol. The first-order valence-corrected chi connectivity index (χ1v) is 9.99. The van der Waals surface area contributed by atoms with Crippen molar-refractivity contribution in [1.82, 2.24) is 16.2 Å². The Morgan fingerprint density at radius 3 is 2.43 bits per heavy atom. The van der Waals surface area contributed by atoms with Crippen LogP contribution in [0.4, 0.5) is 0 Å². The van der Waals surface area contributed by atoms with Crippen molar-refractivity contribution in [2.24, 2.45) is 5.92 Å². The van der Waals surface area contributed by atoms with E-state index in [-0.39, 0.29) is 11.7 Å². The van der Waals surface area contributed by atoms with E-state index >= 15 is 0 Å². The van der Waals surface area contributed by atoms with Gasteiger partial charge in [0.15, 0.2) is 11.7 Å². The van der Waals surface area contributed by atoms with Gasteiger partial charge < -0.3 is 9.47 Å². The molecule has 0 aliphatic heterocycles. The SMILES string of the molecule is Cc1ccc(OCC(=O)NNC(=S)NC(=O)c2ccccc2OCC(C)C)c(C)c1. The molecule has 30 heavy (non-hydrogen) atoms. The molecule has 160 valence electrons. The van der Waals surface area contributed by atoms with Gasteiger partial charge in [-0.05, 0) is 55.7 Å². The Labute approximate surface area is 182 Å². The summed E-state index contributed by atoms with van der Waals surface area (Å²) in [4.78, 5) is 24.5. The van der Waals surface area contributed by atoms with Crippen LogP contribution < -0.4 is 25.6 Å². The lowest BCUT2D eigenvalue weighted by Crippen LogP contribution is -2.49. The Balaban J connectivity index is 1.81. The molecule has 0 bridgehead atoms. The Bertz CT molecular complexity index is 915. The maximum absolute atomic E-state index is 12.5. The number of hydrazine groups is 1. The van der Waals surface area contributed by atoms with Gasteiger partial charge in [0.2, 0.25) is 0 Å². The number of nitrogens with one attached hydrogen (secondary N) is 3. The summed E-state index contributed by atoms with van der Waals surface area (Å²) in [6, 6.07) is 12.6. The van der Waals surface area contributed by atoms with Gasteiger partial charge in [0.1, 0.15) is 11.5 Å². The number of ether oxygens (including phenoxy) is 2. The zero-order valence-electron chi connectivity index (χ0n) is 17.6. The largest absolute Gasteiger partial charge is 0.492 e. The van der Waals surface area contributed by atoms with Gasteiger partial charge in [0, 0.05) is 0 Å². The first-order chi connectivity index (χ1) is 14.3. The van der Waals surface area contributed by atoms with Crippen molar-refractivity contribution >= 4 is 29.1 Å². The number of benzene rings is 2. The molecule has 0 saturated heterocycles. The zero-order chi connectivity index (χ0) is 22.1. The fourth-order valence-electron chi connectivity index (χ4n) is 2.51. The van der Waals surface area contributed by atoms with Crippen LogP contribution in [0, 0.1) is 19.8 Å². The first-order valence-electron chi connectivity index (χ1n) is 9.58. The number of amides is 2. The molecular weight excluding hydrogens is 402 g/mol. The fourth-order valence-corrected chi connectivity index (χ4v) is 2.65. The maximum Gasteiger partial charge on any atom is 0.276 e. The summed E-state index contributed by atoms with van der Waals surface area (Å²) in [6.45, 7) is 8.23. The number of carbonyl (C=O) groups is 2. The number of hydrogen-bond donors (Lipinski definition) is 3. The third-order valence-electron chi connectivity index (χ3n) is 3.94. The van der Waals surface area contributed by atoms with E-state index in [1.54, 1.807) is 24.3 Å². The van der Waals surface area contributed by atoms with Crippen molar-refractivity contribution in [3.8, 4) is 11.5 Å². The van der Waals surface area contributed by atoms with Crippen LogP contribution in [-0.4, -0.2) is 30.1 Å². The minimum Gasteiger partial charge on any atom is -0.492 e. The van der Waals surface area contributed by atoms with Gasteiger partial charge in [0.25, 0.3) is 11.8 Å². The average Bonchev–Trinajstić information content (AvgIpc) is 2.70. The Morgan fingerprint density at radius 1 is 1.00 bits per heavy atom. The van der Waals surface area contributed by atoms with Crippen molar-refractivity contribution in [3.05, 3.63) is 59.2 Å². The first kappa shape index (κ1) is 23.2. The van der Waals surface area contributed by atoms with Crippen LogP contribution in [0.5, 0.6) is 11.5 Å². The Kier molecular flexibility index (Phi) is 8.61. The summed E-state index contributed by atoms with van der Waals surface area (Å²) in [7, 11) is 0. The number of rotatable bonds is 7. The van der Waals surface area contributed by atoms with E-state index in [9.17, 15) is 9.59 Å². The van der Waals surface area contributed by atoms with Crippen molar-refractivity contribution in [1.29, 1.82) is 0 Å². The Morgan fingerprint density at radius 2 is 1.73 bits per heavy atom. The molecular formula is C22H27N3O4S. The highest BCUT2D eigenvalue weighted by Crippen LogP contribution is 2.19. The lowest BCUT2D eigenvalue weighted by molar-refractivity contribution is -0.123. The second-order valence-electron chi connectivity index (χ2n) is 7.22. The van der Waals surface area contributed by atoms with E-state index in [0.717, 1.165) is 11.1 Å². The molecule has 0 heterocycles. The highest BCUT2D eigenvalue weighted by Gasteiger charge is 2.14. The van der Waals surface area contributed by atoms with E-state index in [4.69, 9.17) is 21.7 Å². The molecule has 0 unspecified atom stereocenters. The van der Waals surface area contributed by atoms with Gasteiger partial charge in [-0.25, -0.2) is 0 Å². The van der Waals surface area contributed by atoms with Gasteiger partial charge in [-0.2, -0.15) is 0 Å². The van der Waals surface area contributed by atoms with Crippen molar-refractivity contribution in [2.75, 3.05) is 13.2 Å². The fraction of sp³-hybridized carbons (Fsp3) is 0.318. The molecule has 2 aromatic carbocycles. The molecule has 2 aromatic rings.